The van der Waals surface area contributed by atoms with Gasteiger partial charge >= 0.3 is 0 Å². The van der Waals surface area contributed by atoms with Gasteiger partial charge in [0.05, 0.1) is 12.6 Å². The molecule has 9 heteroatoms. The van der Waals surface area contributed by atoms with Crippen molar-refractivity contribution in [2.75, 3.05) is 32.3 Å². The number of hydrogen-bond donors (Lipinski definition) is 2. The third-order valence-corrected chi connectivity index (χ3v) is 4.94. The highest BCUT2D eigenvalue weighted by Gasteiger charge is 2.31. The van der Waals surface area contributed by atoms with Crippen molar-refractivity contribution >= 4 is 41.7 Å². The van der Waals surface area contributed by atoms with Gasteiger partial charge in [-0.2, -0.15) is 11.8 Å². The molecule has 2 rings (SSSR count). The van der Waals surface area contributed by atoms with Crippen LogP contribution in [-0.4, -0.2) is 59.0 Å². The van der Waals surface area contributed by atoms with Gasteiger partial charge in [0, 0.05) is 20.7 Å². The van der Waals surface area contributed by atoms with E-state index in [1.807, 2.05) is 30.3 Å². The van der Waals surface area contributed by atoms with Crippen LogP contribution in [0.3, 0.4) is 0 Å². The fourth-order valence-corrected chi connectivity index (χ4v) is 2.90. The first-order valence-electron chi connectivity index (χ1n) is 8.53. The molecule has 144 valence electrons. The van der Waals surface area contributed by atoms with Gasteiger partial charge in [0.2, 0.25) is 0 Å². The van der Waals surface area contributed by atoms with Crippen molar-refractivity contribution in [3.63, 3.8) is 0 Å². The second-order valence-electron chi connectivity index (χ2n) is 6.20. The molecule has 1 unspecified atom stereocenters. The number of thioether (sulfide) groups is 1. The average molecular weight is 482 g/mol. The standard InChI is InChI=1S/C16H30N6OS.HI/c1-12-20-21-15(22(12)2)10-18-16(17-8-5-9-24-4)19-14(11-23-3)13-6-7-13;/h13-14H,5-11H2,1-4H3,(H2,17,18,19);1H. The maximum absolute atomic E-state index is 5.36. The molecule has 0 aliphatic heterocycles. The average Bonchev–Trinajstić information content (AvgIpc) is 3.37. The van der Waals surface area contributed by atoms with Crippen molar-refractivity contribution in [1.29, 1.82) is 0 Å². The lowest BCUT2D eigenvalue weighted by atomic mass is 10.2. The zero-order chi connectivity index (χ0) is 17.4. The van der Waals surface area contributed by atoms with Crippen LogP contribution in [0.1, 0.15) is 30.9 Å². The van der Waals surface area contributed by atoms with Crippen LogP contribution in [0.4, 0.5) is 0 Å². The molecule has 7 nitrogen and oxygen atoms in total. The van der Waals surface area contributed by atoms with Crippen LogP contribution < -0.4 is 10.6 Å². The number of hydrogen-bond acceptors (Lipinski definition) is 5. The van der Waals surface area contributed by atoms with Gasteiger partial charge in [-0.25, -0.2) is 4.99 Å². The molecule has 0 spiro atoms. The lowest BCUT2D eigenvalue weighted by Crippen LogP contribution is -2.46. The summed E-state index contributed by atoms with van der Waals surface area (Å²) in [6.45, 7) is 4.08. The molecular formula is C16H31IN6OS. The predicted molar refractivity (Wildman–Crippen MR) is 115 cm³/mol. The molecule has 1 aromatic rings. The van der Waals surface area contributed by atoms with E-state index in [0.717, 1.165) is 36.3 Å². The molecule has 0 amide bonds. The highest BCUT2D eigenvalue weighted by Crippen LogP contribution is 2.32. The van der Waals surface area contributed by atoms with Crippen LogP contribution in [-0.2, 0) is 18.3 Å². The number of aryl methyl sites for hydroxylation is 1. The first kappa shape index (κ1) is 22.5. The first-order valence-corrected chi connectivity index (χ1v) is 9.92. The highest BCUT2D eigenvalue weighted by atomic mass is 127. The highest BCUT2D eigenvalue weighted by molar-refractivity contribution is 14.0. The van der Waals surface area contributed by atoms with E-state index in [-0.39, 0.29) is 24.0 Å². The van der Waals surface area contributed by atoms with E-state index in [1.165, 1.54) is 12.8 Å². The maximum atomic E-state index is 5.36. The number of aliphatic imine (C=N–C) groups is 1. The maximum Gasteiger partial charge on any atom is 0.192 e. The summed E-state index contributed by atoms with van der Waals surface area (Å²) in [6, 6.07) is 0.322. The summed E-state index contributed by atoms with van der Waals surface area (Å²) < 4.78 is 7.33. The van der Waals surface area contributed by atoms with E-state index < -0.39 is 0 Å². The van der Waals surface area contributed by atoms with Crippen LogP contribution in [0.2, 0.25) is 0 Å². The van der Waals surface area contributed by atoms with Crippen molar-refractivity contribution in [2.45, 2.75) is 38.8 Å². The van der Waals surface area contributed by atoms with Gasteiger partial charge in [0.1, 0.15) is 12.4 Å². The van der Waals surface area contributed by atoms with E-state index in [4.69, 9.17) is 9.73 Å². The van der Waals surface area contributed by atoms with Gasteiger partial charge in [-0.1, -0.05) is 0 Å². The van der Waals surface area contributed by atoms with Gasteiger partial charge in [-0.3, -0.25) is 0 Å². The van der Waals surface area contributed by atoms with Gasteiger partial charge in [0.25, 0.3) is 0 Å². The molecule has 1 heterocycles. The van der Waals surface area contributed by atoms with Crippen LogP contribution >= 0.6 is 35.7 Å². The van der Waals surface area contributed by atoms with Crippen LogP contribution in [0, 0.1) is 12.8 Å². The van der Waals surface area contributed by atoms with E-state index in [1.54, 1.807) is 7.11 Å². The zero-order valence-corrected chi connectivity index (χ0v) is 18.8. The fraction of sp³-hybridized carbons (Fsp3) is 0.812. The van der Waals surface area contributed by atoms with E-state index in [0.29, 0.717) is 25.1 Å². The molecule has 1 saturated carbocycles. The topological polar surface area (TPSA) is 76.4 Å². The van der Waals surface area contributed by atoms with E-state index in [9.17, 15) is 0 Å². The Morgan fingerprint density at radius 2 is 2.20 bits per heavy atom. The molecule has 0 aromatic carbocycles. The molecule has 1 fully saturated rings. The quantitative estimate of drug-likeness (QED) is 0.230. The Morgan fingerprint density at radius 1 is 1.44 bits per heavy atom. The summed E-state index contributed by atoms with van der Waals surface area (Å²) in [6.07, 6.45) is 5.78. The summed E-state index contributed by atoms with van der Waals surface area (Å²) in [7, 11) is 3.72. The van der Waals surface area contributed by atoms with Crippen molar-refractivity contribution in [1.82, 2.24) is 25.4 Å². The van der Waals surface area contributed by atoms with Crippen LogP contribution in [0.5, 0.6) is 0 Å². The van der Waals surface area contributed by atoms with Crippen molar-refractivity contribution in [2.24, 2.45) is 18.0 Å². The van der Waals surface area contributed by atoms with Gasteiger partial charge in [-0.05, 0) is 44.1 Å². The molecule has 1 atom stereocenters. The SMILES string of the molecule is COCC(NC(=NCc1nnc(C)n1C)NCCCSC)C1CC1.I. The zero-order valence-electron chi connectivity index (χ0n) is 15.6. The number of halogens is 1. The molecule has 1 aliphatic rings. The minimum Gasteiger partial charge on any atom is -0.383 e. The second kappa shape index (κ2) is 11.9. The molecule has 0 bridgehead atoms. The minimum absolute atomic E-state index is 0. The summed E-state index contributed by atoms with van der Waals surface area (Å²) in [5.41, 5.74) is 0. The lowest BCUT2D eigenvalue weighted by molar-refractivity contribution is 0.165. The molecule has 0 radical (unpaired) electrons. The van der Waals surface area contributed by atoms with Crippen molar-refractivity contribution in [3.05, 3.63) is 11.6 Å². The van der Waals surface area contributed by atoms with Gasteiger partial charge in [-0.15, -0.1) is 34.2 Å². The minimum atomic E-state index is 0. The smallest absolute Gasteiger partial charge is 0.192 e. The molecule has 1 aromatic heterocycles. The van der Waals surface area contributed by atoms with Crippen molar-refractivity contribution in [3.8, 4) is 0 Å². The third kappa shape index (κ3) is 7.69. The summed E-state index contributed by atoms with van der Waals surface area (Å²) in [5.74, 6) is 4.45. The normalized spacial score (nSPS) is 15.6. The van der Waals surface area contributed by atoms with E-state index >= 15 is 0 Å². The number of nitrogens with zero attached hydrogens (tertiary/aromatic N) is 4. The Hall–Kier alpha value is -0.550. The number of ether oxygens (including phenoxy) is 1. The Balaban J connectivity index is 0.00000312. The Bertz CT molecular complexity index is 535. The Kier molecular flexibility index (Phi) is 10.7. The number of rotatable bonds is 10. The fourth-order valence-electron chi connectivity index (χ4n) is 2.46. The van der Waals surface area contributed by atoms with E-state index in [2.05, 4.69) is 27.1 Å². The number of guanidine groups is 1. The first-order chi connectivity index (χ1) is 11.7. The Morgan fingerprint density at radius 3 is 2.76 bits per heavy atom. The summed E-state index contributed by atoms with van der Waals surface area (Å²) in [5, 5.41) is 15.2. The monoisotopic (exact) mass is 482 g/mol. The lowest BCUT2D eigenvalue weighted by Gasteiger charge is -2.21. The number of aromatic nitrogens is 3. The summed E-state index contributed by atoms with van der Waals surface area (Å²) in [4.78, 5) is 4.71. The molecule has 0 saturated heterocycles. The van der Waals surface area contributed by atoms with Crippen LogP contribution in [0.25, 0.3) is 0 Å². The largest absolute Gasteiger partial charge is 0.383 e. The number of nitrogens with one attached hydrogen (secondary N) is 2. The molecule has 2 N–H and O–H groups in total. The van der Waals surface area contributed by atoms with Crippen molar-refractivity contribution < 1.29 is 4.74 Å². The number of methoxy groups -OCH3 is 1. The molecular weight excluding hydrogens is 451 g/mol. The molecule has 1 aliphatic carbocycles. The third-order valence-electron chi connectivity index (χ3n) is 4.24. The van der Waals surface area contributed by atoms with Crippen LogP contribution in [0.15, 0.2) is 4.99 Å². The van der Waals surface area contributed by atoms with Gasteiger partial charge in [0.15, 0.2) is 11.8 Å². The van der Waals surface area contributed by atoms with Gasteiger partial charge < -0.3 is 19.9 Å². The predicted octanol–water partition coefficient (Wildman–Crippen LogP) is 1.95. The summed E-state index contributed by atoms with van der Waals surface area (Å²) >= 11 is 1.86. The Labute approximate surface area is 172 Å². The second-order valence-corrected chi connectivity index (χ2v) is 7.19. The molecule has 25 heavy (non-hydrogen) atoms.